The van der Waals surface area contributed by atoms with Gasteiger partial charge in [-0.15, -0.1) is 0 Å². The van der Waals surface area contributed by atoms with Crippen molar-refractivity contribution in [2.24, 2.45) is 7.05 Å². The SMILES string of the molecule is COC(=O)CN1CCN(c2nc3c(c(=O)[nH]c(=O)n3C)n2CCCc2ccccc2)CC1. The summed E-state index contributed by atoms with van der Waals surface area (Å²) in [6, 6.07) is 10.2. The third-order valence-electron chi connectivity index (χ3n) is 5.91. The van der Waals surface area contributed by atoms with E-state index < -0.39 is 11.2 Å². The van der Waals surface area contributed by atoms with E-state index in [4.69, 9.17) is 9.72 Å². The molecule has 0 bridgehead atoms. The van der Waals surface area contributed by atoms with Crippen LogP contribution in [0.15, 0.2) is 39.9 Å². The van der Waals surface area contributed by atoms with E-state index in [1.54, 1.807) is 7.05 Å². The zero-order chi connectivity index (χ0) is 22.7. The smallest absolute Gasteiger partial charge is 0.329 e. The third kappa shape index (κ3) is 4.45. The minimum absolute atomic E-state index is 0.256. The van der Waals surface area contributed by atoms with Gasteiger partial charge in [0.15, 0.2) is 11.2 Å². The Morgan fingerprint density at radius 2 is 1.84 bits per heavy atom. The molecule has 170 valence electrons. The first-order chi connectivity index (χ1) is 15.5. The van der Waals surface area contributed by atoms with E-state index in [1.807, 2.05) is 27.7 Å². The molecule has 1 N–H and O–H groups in total. The van der Waals surface area contributed by atoms with Gasteiger partial charge in [-0.05, 0) is 18.4 Å². The number of aryl methyl sites for hydroxylation is 3. The highest BCUT2D eigenvalue weighted by atomic mass is 16.5. The number of rotatable bonds is 7. The van der Waals surface area contributed by atoms with Gasteiger partial charge in [-0.1, -0.05) is 30.3 Å². The molecule has 0 amide bonds. The van der Waals surface area contributed by atoms with E-state index in [0.29, 0.717) is 49.8 Å². The second-order valence-electron chi connectivity index (χ2n) is 7.98. The maximum absolute atomic E-state index is 12.7. The summed E-state index contributed by atoms with van der Waals surface area (Å²) in [5.41, 5.74) is 1.12. The number of H-pyrrole nitrogens is 1. The van der Waals surface area contributed by atoms with Crippen LogP contribution in [0.5, 0.6) is 0 Å². The van der Waals surface area contributed by atoms with E-state index >= 15 is 0 Å². The van der Waals surface area contributed by atoms with Crippen LogP contribution in [-0.4, -0.2) is 69.8 Å². The number of anilines is 1. The van der Waals surface area contributed by atoms with Crippen molar-refractivity contribution in [3.63, 3.8) is 0 Å². The third-order valence-corrected chi connectivity index (χ3v) is 5.91. The number of esters is 1. The number of piperazine rings is 1. The van der Waals surface area contributed by atoms with Gasteiger partial charge >= 0.3 is 11.7 Å². The van der Waals surface area contributed by atoms with Gasteiger partial charge in [0, 0.05) is 39.8 Å². The molecule has 0 atom stereocenters. The summed E-state index contributed by atoms with van der Waals surface area (Å²) in [6.07, 6.45) is 1.70. The molecule has 3 heterocycles. The van der Waals surface area contributed by atoms with Crippen LogP contribution in [0.3, 0.4) is 0 Å². The molecule has 0 unspecified atom stereocenters. The highest BCUT2D eigenvalue weighted by Crippen LogP contribution is 2.22. The summed E-state index contributed by atoms with van der Waals surface area (Å²) in [4.78, 5) is 47.6. The number of aromatic nitrogens is 4. The number of imidazole rings is 1. The van der Waals surface area contributed by atoms with Crippen LogP contribution < -0.4 is 16.1 Å². The van der Waals surface area contributed by atoms with Gasteiger partial charge < -0.3 is 14.2 Å². The number of methoxy groups -OCH3 is 1. The summed E-state index contributed by atoms with van der Waals surface area (Å²) in [6.45, 7) is 3.53. The molecule has 0 radical (unpaired) electrons. The molecule has 4 rings (SSSR count). The van der Waals surface area contributed by atoms with Gasteiger partial charge in [0.2, 0.25) is 5.95 Å². The predicted octanol–water partition coefficient (Wildman–Crippen LogP) is 0.351. The Morgan fingerprint density at radius 3 is 2.53 bits per heavy atom. The Kier molecular flexibility index (Phi) is 6.40. The molecule has 32 heavy (non-hydrogen) atoms. The number of hydrogen-bond acceptors (Lipinski definition) is 7. The van der Waals surface area contributed by atoms with Gasteiger partial charge in [-0.25, -0.2) is 4.79 Å². The van der Waals surface area contributed by atoms with Crippen LogP contribution in [-0.2, 0) is 29.5 Å². The van der Waals surface area contributed by atoms with Gasteiger partial charge in [0.25, 0.3) is 5.56 Å². The predicted molar refractivity (Wildman–Crippen MR) is 121 cm³/mol. The molecule has 1 aliphatic rings. The molecule has 0 aliphatic carbocycles. The molecule has 1 fully saturated rings. The summed E-state index contributed by atoms with van der Waals surface area (Å²) < 4.78 is 8.06. The van der Waals surface area contributed by atoms with E-state index in [-0.39, 0.29) is 12.5 Å². The number of carbonyl (C=O) groups excluding carboxylic acids is 1. The van der Waals surface area contributed by atoms with Crippen molar-refractivity contribution in [1.29, 1.82) is 0 Å². The van der Waals surface area contributed by atoms with Crippen molar-refractivity contribution >= 4 is 23.1 Å². The monoisotopic (exact) mass is 440 g/mol. The molecule has 1 saturated heterocycles. The van der Waals surface area contributed by atoms with Crippen molar-refractivity contribution < 1.29 is 9.53 Å². The summed E-state index contributed by atoms with van der Waals surface area (Å²) >= 11 is 0. The number of carbonyl (C=O) groups is 1. The fraction of sp³-hybridized carbons (Fsp3) is 0.455. The fourth-order valence-electron chi connectivity index (χ4n) is 4.12. The number of benzene rings is 1. The zero-order valence-electron chi connectivity index (χ0n) is 18.4. The zero-order valence-corrected chi connectivity index (χ0v) is 18.4. The maximum atomic E-state index is 12.7. The lowest BCUT2D eigenvalue weighted by atomic mass is 10.1. The van der Waals surface area contributed by atoms with Crippen molar-refractivity contribution in [2.45, 2.75) is 19.4 Å². The average molecular weight is 441 g/mol. The van der Waals surface area contributed by atoms with Crippen LogP contribution in [0.4, 0.5) is 5.95 Å². The maximum Gasteiger partial charge on any atom is 0.329 e. The summed E-state index contributed by atoms with van der Waals surface area (Å²) in [5.74, 6) is 0.422. The normalized spacial score (nSPS) is 14.8. The molecule has 2 aromatic heterocycles. The van der Waals surface area contributed by atoms with Gasteiger partial charge in [0.1, 0.15) is 0 Å². The first-order valence-corrected chi connectivity index (χ1v) is 10.8. The standard InChI is InChI=1S/C22H28N6O4/c1-25-19-18(20(30)24-22(25)31)28(10-6-9-16-7-4-3-5-8-16)21(23-19)27-13-11-26(12-14-27)15-17(29)32-2/h3-5,7-8H,6,9-15H2,1-2H3,(H,24,30,31). The number of nitrogens with zero attached hydrogens (tertiary/aromatic N) is 5. The van der Waals surface area contributed by atoms with Gasteiger partial charge in [0.05, 0.1) is 13.7 Å². The largest absolute Gasteiger partial charge is 0.468 e. The first kappa shape index (κ1) is 21.8. The Morgan fingerprint density at radius 1 is 1.12 bits per heavy atom. The average Bonchev–Trinajstić information content (AvgIpc) is 3.19. The highest BCUT2D eigenvalue weighted by molar-refractivity contribution is 5.74. The van der Waals surface area contributed by atoms with Crippen molar-refractivity contribution in [3.8, 4) is 0 Å². The number of ether oxygens (including phenoxy) is 1. The second-order valence-corrected chi connectivity index (χ2v) is 7.98. The van der Waals surface area contributed by atoms with E-state index in [0.717, 1.165) is 12.8 Å². The van der Waals surface area contributed by atoms with E-state index in [1.165, 1.54) is 17.2 Å². The lowest BCUT2D eigenvalue weighted by molar-refractivity contribution is -0.142. The van der Waals surface area contributed by atoms with Gasteiger partial charge in [-0.3, -0.25) is 24.0 Å². The van der Waals surface area contributed by atoms with Gasteiger partial charge in [-0.2, -0.15) is 4.98 Å². The number of aromatic amines is 1. The Bertz CT molecular complexity index is 1200. The summed E-state index contributed by atoms with van der Waals surface area (Å²) in [5, 5.41) is 0. The molecule has 3 aromatic rings. The summed E-state index contributed by atoms with van der Waals surface area (Å²) in [7, 11) is 3.00. The molecular weight excluding hydrogens is 412 g/mol. The fourth-order valence-corrected chi connectivity index (χ4v) is 4.12. The van der Waals surface area contributed by atoms with Crippen molar-refractivity contribution in [1.82, 2.24) is 24.0 Å². The minimum Gasteiger partial charge on any atom is -0.468 e. The van der Waals surface area contributed by atoms with Crippen molar-refractivity contribution in [2.75, 3.05) is 44.7 Å². The topological polar surface area (TPSA) is 105 Å². The Balaban J connectivity index is 1.61. The molecule has 1 aromatic carbocycles. The molecule has 10 heteroatoms. The first-order valence-electron chi connectivity index (χ1n) is 10.8. The lowest BCUT2D eigenvalue weighted by Gasteiger charge is -2.34. The molecule has 1 aliphatic heterocycles. The Hall–Kier alpha value is -3.40. The van der Waals surface area contributed by atoms with Crippen LogP contribution in [0.2, 0.25) is 0 Å². The van der Waals surface area contributed by atoms with E-state index in [9.17, 15) is 14.4 Å². The number of hydrogen-bond donors (Lipinski definition) is 1. The lowest BCUT2D eigenvalue weighted by Crippen LogP contribution is -2.48. The van der Waals surface area contributed by atoms with Crippen molar-refractivity contribution in [3.05, 3.63) is 56.7 Å². The minimum atomic E-state index is -0.481. The molecule has 10 nitrogen and oxygen atoms in total. The second kappa shape index (κ2) is 9.39. The van der Waals surface area contributed by atoms with Crippen LogP contribution in [0.1, 0.15) is 12.0 Å². The Labute approximate surface area is 185 Å². The quantitative estimate of drug-likeness (QED) is 0.529. The molecule has 0 spiro atoms. The van der Waals surface area contributed by atoms with Crippen LogP contribution in [0.25, 0.3) is 11.2 Å². The molecule has 0 saturated carbocycles. The van der Waals surface area contributed by atoms with Crippen LogP contribution >= 0.6 is 0 Å². The highest BCUT2D eigenvalue weighted by Gasteiger charge is 2.25. The van der Waals surface area contributed by atoms with Crippen LogP contribution in [0, 0.1) is 0 Å². The van der Waals surface area contributed by atoms with E-state index in [2.05, 4.69) is 22.0 Å². The number of fused-ring (bicyclic) bond motifs is 1. The number of nitrogens with one attached hydrogen (secondary N) is 1. The molecular formula is C22H28N6O4.